The van der Waals surface area contributed by atoms with Crippen molar-refractivity contribution in [2.75, 3.05) is 45.8 Å². The zero-order valence-corrected chi connectivity index (χ0v) is 10.9. The van der Waals surface area contributed by atoms with E-state index in [4.69, 9.17) is 0 Å². The number of hydrogen-bond donors (Lipinski definition) is 2. The third-order valence-electron chi connectivity index (χ3n) is 2.94. The van der Waals surface area contributed by atoms with Gasteiger partial charge in [-0.2, -0.15) is 0 Å². The quantitative estimate of drug-likeness (QED) is 0.657. The van der Waals surface area contributed by atoms with E-state index in [2.05, 4.69) is 33.9 Å². The highest BCUT2D eigenvalue weighted by Crippen LogP contribution is 2.00. The van der Waals surface area contributed by atoms with Gasteiger partial charge < -0.3 is 10.2 Å². The standard InChI is InChI=1S/C12H22N4O2/c1-3-5-13-12(18)14-11(17)10-16-8-6-15(4-2)7-9-16/h3H,1,4-10H2,2H3,(H2,13,14,17,18). The fourth-order valence-electron chi connectivity index (χ4n) is 1.84. The van der Waals surface area contributed by atoms with Gasteiger partial charge in [-0.1, -0.05) is 13.0 Å². The second-order valence-corrected chi connectivity index (χ2v) is 4.26. The van der Waals surface area contributed by atoms with Crippen molar-refractivity contribution >= 4 is 11.9 Å². The van der Waals surface area contributed by atoms with Crippen LogP contribution in [0.5, 0.6) is 0 Å². The Bertz CT molecular complexity index is 298. The van der Waals surface area contributed by atoms with Gasteiger partial charge in [-0.25, -0.2) is 4.79 Å². The maximum atomic E-state index is 11.6. The van der Waals surface area contributed by atoms with Crippen LogP contribution in [0.2, 0.25) is 0 Å². The number of amides is 3. The van der Waals surface area contributed by atoms with Crippen LogP contribution in [0, 0.1) is 0 Å². The first-order chi connectivity index (χ1) is 8.65. The lowest BCUT2D eigenvalue weighted by atomic mass is 10.3. The second-order valence-electron chi connectivity index (χ2n) is 4.26. The molecule has 0 aromatic carbocycles. The van der Waals surface area contributed by atoms with Crippen LogP contribution in [0.1, 0.15) is 6.92 Å². The largest absolute Gasteiger partial charge is 0.334 e. The van der Waals surface area contributed by atoms with E-state index in [1.54, 1.807) is 6.08 Å². The minimum absolute atomic E-state index is 0.262. The van der Waals surface area contributed by atoms with E-state index in [9.17, 15) is 9.59 Å². The Morgan fingerprint density at radius 2 is 1.83 bits per heavy atom. The summed E-state index contributed by atoms with van der Waals surface area (Å²) in [5, 5.41) is 4.80. The maximum absolute atomic E-state index is 11.6. The molecule has 0 atom stereocenters. The highest BCUT2D eigenvalue weighted by Gasteiger charge is 2.18. The van der Waals surface area contributed by atoms with E-state index in [1.165, 1.54) is 0 Å². The van der Waals surface area contributed by atoms with E-state index in [1.807, 2.05) is 0 Å². The topological polar surface area (TPSA) is 64.7 Å². The normalized spacial score (nSPS) is 17.2. The number of nitrogens with zero attached hydrogens (tertiary/aromatic N) is 2. The van der Waals surface area contributed by atoms with Crippen LogP contribution in [-0.4, -0.2) is 67.6 Å². The smallest absolute Gasteiger partial charge is 0.321 e. The molecule has 1 rings (SSSR count). The molecule has 6 nitrogen and oxygen atoms in total. The molecule has 102 valence electrons. The molecule has 6 heteroatoms. The number of piperazine rings is 1. The lowest BCUT2D eigenvalue weighted by molar-refractivity contribution is -0.121. The Morgan fingerprint density at radius 1 is 1.22 bits per heavy atom. The summed E-state index contributed by atoms with van der Waals surface area (Å²) in [4.78, 5) is 27.2. The number of carbonyl (C=O) groups is 2. The molecule has 18 heavy (non-hydrogen) atoms. The molecular weight excluding hydrogens is 232 g/mol. The monoisotopic (exact) mass is 254 g/mol. The van der Waals surface area contributed by atoms with Gasteiger partial charge in [0.25, 0.3) is 0 Å². The minimum Gasteiger partial charge on any atom is -0.334 e. The Hall–Kier alpha value is -1.40. The summed E-state index contributed by atoms with van der Waals surface area (Å²) in [6.07, 6.45) is 1.56. The van der Waals surface area contributed by atoms with Crippen molar-refractivity contribution in [2.45, 2.75) is 6.92 Å². The van der Waals surface area contributed by atoms with Crippen molar-refractivity contribution in [3.8, 4) is 0 Å². The maximum Gasteiger partial charge on any atom is 0.321 e. The zero-order chi connectivity index (χ0) is 13.4. The molecule has 0 aromatic rings. The lowest BCUT2D eigenvalue weighted by Crippen LogP contribution is -2.50. The molecule has 1 fully saturated rings. The molecule has 1 aliphatic rings. The minimum atomic E-state index is -0.466. The zero-order valence-electron chi connectivity index (χ0n) is 10.9. The molecule has 3 amide bonds. The van der Waals surface area contributed by atoms with Crippen LogP contribution in [0.4, 0.5) is 4.79 Å². The van der Waals surface area contributed by atoms with E-state index in [0.717, 1.165) is 32.7 Å². The van der Waals surface area contributed by atoms with Crippen LogP contribution >= 0.6 is 0 Å². The molecule has 1 heterocycles. The third-order valence-corrected chi connectivity index (χ3v) is 2.94. The lowest BCUT2D eigenvalue weighted by Gasteiger charge is -2.33. The second kappa shape index (κ2) is 7.84. The summed E-state index contributed by atoms with van der Waals surface area (Å²) in [5.41, 5.74) is 0. The Labute approximate surface area is 108 Å². The van der Waals surface area contributed by atoms with Gasteiger partial charge in [0.05, 0.1) is 6.54 Å². The van der Waals surface area contributed by atoms with E-state index in [0.29, 0.717) is 6.54 Å². The van der Waals surface area contributed by atoms with Gasteiger partial charge in [-0.15, -0.1) is 6.58 Å². The van der Waals surface area contributed by atoms with E-state index >= 15 is 0 Å². The number of rotatable bonds is 5. The van der Waals surface area contributed by atoms with Gasteiger partial charge in [-0.05, 0) is 6.54 Å². The van der Waals surface area contributed by atoms with Gasteiger partial charge >= 0.3 is 6.03 Å². The number of hydrogen-bond acceptors (Lipinski definition) is 4. The van der Waals surface area contributed by atoms with Gasteiger partial charge in [0.15, 0.2) is 0 Å². The average molecular weight is 254 g/mol. The molecule has 1 saturated heterocycles. The summed E-state index contributed by atoms with van der Waals surface area (Å²) in [6, 6.07) is -0.466. The molecule has 0 saturated carbocycles. The SMILES string of the molecule is C=CCNC(=O)NC(=O)CN1CCN(CC)CC1. The summed E-state index contributed by atoms with van der Waals surface area (Å²) < 4.78 is 0. The van der Waals surface area contributed by atoms with Gasteiger partial charge in [0.1, 0.15) is 0 Å². The molecule has 0 bridgehead atoms. The Morgan fingerprint density at radius 3 is 2.39 bits per heavy atom. The molecule has 0 radical (unpaired) electrons. The van der Waals surface area contributed by atoms with Crippen molar-refractivity contribution in [1.29, 1.82) is 0 Å². The summed E-state index contributed by atoms with van der Waals surface area (Å²) >= 11 is 0. The molecule has 2 N–H and O–H groups in total. The van der Waals surface area contributed by atoms with Crippen LogP contribution in [0.15, 0.2) is 12.7 Å². The van der Waals surface area contributed by atoms with Crippen molar-refractivity contribution in [3.63, 3.8) is 0 Å². The van der Waals surface area contributed by atoms with Gasteiger partial charge in [0.2, 0.25) is 5.91 Å². The van der Waals surface area contributed by atoms with Crippen LogP contribution in [0.25, 0.3) is 0 Å². The fraction of sp³-hybridized carbons (Fsp3) is 0.667. The molecule has 0 aromatic heterocycles. The molecule has 0 spiro atoms. The predicted molar refractivity (Wildman–Crippen MR) is 70.3 cm³/mol. The summed E-state index contributed by atoms with van der Waals surface area (Å²) in [7, 11) is 0. The number of urea groups is 1. The molecule has 1 aliphatic heterocycles. The summed E-state index contributed by atoms with van der Waals surface area (Å²) in [6.45, 7) is 11.0. The highest BCUT2D eigenvalue weighted by atomic mass is 16.2. The third kappa shape index (κ3) is 5.29. The molecular formula is C12H22N4O2. The highest BCUT2D eigenvalue weighted by molar-refractivity contribution is 5.95. The van der Waals surface area contributed by atoms with E-state index in [-0.39, 0.29) is 12.5 Å². The number of nitrogens with one attached hydrogen (secondary N) is 2. The first-order valence-electron chi connectivity index (χ1n) is 6.29. The molecule has 0 unspecified atom stereocenters. The van der Waals surface area contributed by atoms with Crippen molar-refractivity contribution < 1.29 is 9.59 Å². The number of carbonyl (C=O) groups excluding carboxylic acids is 2. The van der Waals surface area contributed by atoms with Crippen molar-refractivity contribution in [2.24, 2.45) is 0 Å². The van der Waals surface area contributed by atoms with E-state index < -0.39 is 6.03 Å². The Kier molecular flexibility index (Phi) is 6.38. The number of likely N-dealkylation sites (N-methyl/N-ethyl adjacent to an activating group) is 1. The summed E-state index contributed by atoms with van der Waals surface area (Å²) in [5.74, 6) is -0.262. The predicted octanol–water partition coefficient (Wildman–Crippen LogP) is -0.364. The van der Waals surface area contributed by atoms with Crippen LogP contribution < -0.4 is 10.6 Å². The van der Waals surface area contributed by atoms with Gasteiger partial charge in [0, 0.05) is 32.7 Å². The van der Waals surface area contributed by atoms with Crippen LogP contribution in [0.3, 0.4) is 0 Å². The first kappa shape index (κ1) is 14.7. The average Bonchev–Trinajstić information content (AvgIpc) is 2.37. The first-order valence-corrected chi connectivity index (χ1v) is 6.29. The number of imide groups is 1. The van der Waals surface area contributed by atoms with Crippen molar-refractivity contribution in [1.82, 2.24) is 20.4 Å². The Balaban J connectivity index is 2.20. The molecule has 0 aliphatic carbocycles. The fourth-order valence-corrected chi connectivity index (χ4v) is 1.84. The van der Waals surface area contributed by atoms with Crippen LogP contribution in [-0.2, 0) is 4.79 Å². The van der Waals surface area contributed by atoms with Gasteiger partial charge in [-0.3, -0.25) is 15.0 Å². The van der Waals surface area contributed by atoms with Crippen molar-refractivity contribution in [3.05, 3.63) is 12.7 Å².